The summed E-state index contributed by atoms with van der Waals surface area (Å²) < 4.78 is 37.5. The molecule has 0 atom stereocenters. The van der Waals surface area contributed by atoms with E-state index in [0.717, 1.165) is 0 Å². The number of halogens is 3. The van der Waals surface area contributed by atoms with Gasteiger partial charge in [-0.2, -0.15) is 13.2 Å². The molecule has 0 bridgehead atoms. The number of aliphatic hydroxyl groups is 1. The minimum atomic E-state index is -4.31. The molecule has 0 aliphatic heterocycles. The first-order valence-electron chi connectivity index (χ1n) is 6.78. The van der Waals surface area contributed by atoms with E-state index in [4.69, 9.17) is 5.11 Å². The molecule has 0 aromatic rings. The molecule has 1 rings (SSSR count). The summed E-state index contributed by atoms with van der Waals surface area (Å²) in [6, 6.07) is -0.335. The van der Waals surface area contributed by atoms with Crippen molar-refractivity contribution >= 4 is 5.97 Å². The first-order chi connectivity index (χ1) is 9.02. The summed E-state index contributed by atoms with van der Waals surface area (Å²) in [5.41, 5.74) is -1.22. The van der Waals surface area contributed by atoms with Crippen LogP contribution < -0.4 is 0 Å². The highest BCUT2D eigenvalue weighted by Crippen LogP contribution is 2.34. The lowest BCUT2D eigenvalue weighted by Crippen LogP contribution is -2.50. The zero-order valence-electron chi connectivity index (χ0n) is 11.8. The van der Waals surface area contributed by atoms with E-state index in [1.54, 1.807) is 13.8 Å². The zero-order chi connectivity index (χ0) is 15.6. The van der Waals surface area contributed by atoms with Gasteiger partial charge in [0, 0.05) is 12.6 Å². The fraction of sp³-hybridized carbons (Fsp3) is 0.923. The smallest absolute Gasteiger partial charge is 0.401 e. The van der Waals surface area contributed by atoms with E-state index in [2.05, 4.69) is 0 Å². The van der Waals surface area contributed by atoms with Crippen molar-refractivity contribution in [3.63, 3.8) is 0 Å². The number of nitrogens with zero attached hydrogens (tertiary/aromatic N) is 1. The van der Waals surface area contributed by atoms with Gasteiger partial charge in [-0.1, -0.05) is 0 Å². The molecular weight excluding hydrogens is 275 g/mol. The Labute approximate surface area is 116 Å². The van der Waals surface area contributed by atoms with Crippen LogP contribution in [0.5, 0.6) is 0 Å². The van der Waals surface area contributed by atoms with Crippen molar-refractivity contribution in [3.05, 3.63) is 0 Å². The number of hydrogen-bond acceptors (Lipinski definition) is 3. The lowest BCUT2D eigenvalue weighted by molar-refractivity contribution is -0.160. The number of hydrogen-bond donors (Lipinski definition) is 2. The summed E-state index contributed by atoms with van der Waals surface area (Å²) in [5.74, 6) is -1.39. The molecule has 1 fully saturated rings. The molecule has 0 unspecified atom stereocenters. The Morgan fingerprint density at radius 3 is 2.20 bits per heavy atom. The molecule has 4 nitrogen and oxygen atoms in total. The van der Waals surface area contributed by atoms with Crippen LogP contribution in [0.4, 0.5) is 13.2 Å². The maximum atomic E-state index is 12.5. The van der Waals surface area contributed by atoms with Crippen LogP contribution in [0.3, 0.4) is 0 Å². The Bertz CT molecular complexity index is 336. The number of alkyl halides is 3. The largest absolute Gasteiger partial charge is 0.481 e. The molecule has 1 aliphatic carbocycles. The van der Waals surface area contributed by atoms with Crippen LogP contribution in [-0.2, 0) is 4.79 Å². The minimum absolute atomic E-state index is 0.0729. The normalized spacial score (nSPS) is 28.1. The van der Waals surface area contributed by atoms with Crippen molar-refractivity contribution in [2.75, 3.05) is 13.1 Å². The van der Waals surface area contributed by atoms with Gasteiger partial charge >= 0.3 is 12.1 Å². The molecule has 1 saturated carbocycles. The molecule has 0 saturated heterocycles. The van der Waals surface area contributed by atoms with E-state index in [9.17, 15) is 23.1 Å². The second kappa shape index (κ2) is 6.30. The van der Waals surface area contributed by atoms with Gasteiger partial charge in [0.25, 0.3) is 0 Å². The average molecular weight is 297 g/mol. The monoisotopic (exact) mass is 297 g/mol. The van der Waals surface area contributed by atoms with E-state index in [0.29, 0.717) is 12.8 Å². The van der Waals surface area contributed by atoms with Crippen LogP contribution in [0.2, 0.25) is 0 Å². The van der Waals surface area contributed by atoms with Gasteiger partial charge < -0.3 is 10.2 Å². The summed E-state index contributed by atoms with van der Waals surface area (Å²) in [4.78, 5) is 12.0. The van der Waals surface area contributed by atoms with Gasteiger partial charge in [-0.05, 0) is 39.5 Å². The third kappa shape index (κ3) is 5.28. The molecular formula is C13H22F3NO3. The van der Waals surface area contributed by atoms with Crippen LogP contribution in [0.15, 0.2) is 0 Å². The highest BCUT2D eigenvalue weighted by molar-refractivity contribution is 5.70. The van der Waals surface area contributed by atoms with Crippen molar-refractivity contribution in [3.8, 4) is 0 Å². The van der Waals surface area contributed by atoms with Crippen molar-refractivity contribution in [1.82, 2.24) is 4.90 Å². The van der Waals surface area contributed by atoms with E-state index in [1.807, 2.05) is 0 Å². The Morgan fingerprint density at radius 1 is 1.35 bits per heavy atom. The molecule has 0 aromatic carbocycles. The Morgan fingerprint density at radius 2 is 1.85 bits per heavy atom. The van der Waals surface area contributed by atoms with E-state index < -0.39 is 30.2 Å². The van der Waals surface area contributed by atoms with Crippen molar-refractivity contribution in [2.45, 2.75) is 57.3 Å². The molecule has 0 amide bonds. The highest BCUT2D eigenvalue weighted by Gasteiger charge is 2.40. The zero-order valence-corrected chi connectivity index (χ0v) is 11.8. The molecule has 0 heterocycles. The molecule has 118 valence electrons. The maximum absolute atomic E-state index is 12.5. The summed E-state index contributed by atoms with van der Waals surface area (Å²) in [5, 5.41) is 19.3. The maximum Gasteiger partial charge on any atom is 0.401 e. The fourth-order valence-corrected chi connectivity index (χ4v) is 2.59. The van der Waals surface area contributed by atoms with Crippen LogP contribution in [0, 0.1) is 5.92 Å². The van der Waals surface area contributed by atoms with E-state index in [1.165, 1.54) is 4.90 Å². The van der Waals surface area contributed by atoms with Crippen LogP contribution in [0.1, 0.15) is 39.5 Å². The summed E-state index contributed by atoms with van der Waals surface area (Å²) in [7, 11) is 0. The Balaban J connectivity index is 2.62. The predicted octanol–water partition coefficient (Wildman–Crippen LogP) is 2.27. The predicted molar refractivity (Wildman–Crippen MR) is 67.3 cm³/mol. The third-order valence-electron chi connectivity index (χ3n) is 3.88. The third-order valence-corrected chi connectivity index (χ3v) is 3.88. The lowest BCUT2D eigenvalue weighted by atomic mass is 9.78. The van der Waals surface area contributed by atoms with Gasteiger partial charge in [0.2, 0.25) is 0 Å². The molecule has 1 aliphatic rings. The number of rotatable bonds is 5. The molecule has 0 spiro atoms. The molecule has 7 heteroatoms. The molecule has 20 heavy (non-hydrogen) atoms. The van der Waals surface area contributed by atoms with E-state index in [-0.39, 0.29) is 25.4 Å². The number of aliphatic carboxylic acids is 1. The second-order valence-corrected chi connectivity index (χ2v) is 5.95. The average Bonchev–Trinajstić information content (AvgIpc) is 2.26. The number of carboxylic acids is 1. The quantitative estimate of drug-likeness (QED) is 0.817. The Kier molecular flexibility index (Phi) is 5.43. The standard InChI is InChI=1S/C13H22F3NO3/c1-9(2)17(8-13(14,15)16)7-12(20)5-3-10(4-6-12)11(18)19/h9-10,20H,3-8H2,1-2H3,(H,18,19). The van der Waals surface area contributed by atoms with Gasteiger partial charge in [0.15, 0.2) is 0 Å². The van der Waals surface area contributed by atoms with Crippen molar-refractivity contribution in [2.24, 2.45) is 5.92 Å². The number of carbonyl (C=O) groups is 1. The lowest BCUT2D eigenvalue weighted by Gasteiger charge is -2.40. The van der Waals surface area contributed by atoms with Gasteiger partial charge in [0.1, 0.15) is 0 Å². The molecule has 2 N–H and O–H groups in total. The topological polar surface area (TPSA) is 60.8 Å². The van der Waals surface area contributed by atoms with Gasteiger partial charge in [-0.25, -0.2) is 0 Å². The number of carboxylic acid groups (broad SMARTS) is 1. The molecule has 0 aromatic heterocycles. The van der Waals surface area contributed by atoms with Crippen LogP contribution in [0.25, 0.3) is 0 Å². The van der Waals surface area contributed by atoms with Crippen LogP contribution in [-0.4, -0.2) is 52.0 Å². The SMILES string of the molecule is CC(C)N(CC(F)(F)F)CC1(O)CCC(C(=O)O)CC1. The van der Waals surface area contributed by atoms with Gasteiger partial charge in [-0.3, -0.25) is 9.69 Å². The summed E-state index contributed by atoms with van der Waals surface area (Å²) in [6.07, 6.45) is -3.23. The first-order valence-corrected chi connectivity index (χ1v) is 6.78. The van der Waals surface area contributed by atoms with Gasteiger partial charge in [0.05, 0.1) is 18.1 Å². The van der Waals surface area contributed by atoms with Crippen LogP contribution >= 0.6 is 0 Å². The fourth-order valence-electron chi connectivity index (χ4n) is 2.59. The first kappa shape index (κ1) is 17.2. The molecule has 0 radical (unpaired) electrons. The second-order valence-electron chi connectivity index (χ2n) is 5.95. The minimum Gasteiger partial charge on any atom is -0.481 e. The van der Waals surface area contributed by atoms with Crippen molar-refractivity contribution in [1.29, 1.82) is 0 Å². The summed E-state index contributed by atoms with van der Waals surface area (Å²) >= 11 is 0. The van der Waals surface area contributed by atoms with Gasteiger partial charge in [-0.15, -0.1) is 0 Å². The highest BCUT2D eigenvalue weighted by atomic mass is 19.4. The van der Waals surface area contributed by atoms with E-state index >= 15 is 0 Å². The summed E-state index contributed by atoms with van der Waals surface area (Å²) in [6.45, 7) is 2.17. The van der Waals surface area contributed by atoms with Crippen molar-refractivity contribution < 1.29 is 28.2 Å². The Hall–Kier alpha value is -0.820.